The Balaban J connectivity index is -0.0000000955. The zero-order valence-corrected chi connectivity index (χ0v) is 35.9. The molecule has 54 heavy (non-hydrogen) atoms. The van der Waals surface area contributed by atoms with Crippen molar-refractivity contribution in [1.29, 1.82) is 0 Å². The summed E-state index contributed by atoms with van der Waals surface area (Å²) >= 11 is 0. The van der Waals surface area contributed by atoms with E-state index in [0.29, 0.717) is 5.92 Å². The van der Waals surface area contributed by atoms with Gasteiger partial charge in [-0.25, -0.2) is 0 Å². The number of allylic oxidation sites excluding steroid dienone is 4. The molecule has 0 radical (unpaired) electrons. The van der Waals surface area contributed by atoms with E-state index in [1.54, 1.807) is 6.08 Å². The quantitative estimate of drug-likeness (QED) is 0.195. The fourth-order valence-electron chi connectivity index (χ4n) is 6.59. The van der Waals surface area contributed by atoms with Crippen LogP contribution in [0.5, 0.6) is 0 Å². The van der Waals surface area contributed by atoms with Crippen LogP contribution in [0.3, 0.4) is 0 Å². The molecule has 2 unspecified atom stereocenters. The number of hydrogen-bond acceptors (Lipinski definition) is 5. The topological polar surface area (TPSA) is 76.0 Å². The van der Waals surface area contributed by atoms with Crippen molar-refractivity contribution in [2.75, 3.05) is 26.4 Å². The van der Waals surface area contributed by atoms with E-state index in [1.165, 1.54) is 109 Å². The average molecular weight is 827 g/mol. The van der Waals surface area contributed by atoms with Crippen LogP contribution in [-0.2, 0) is 14.3 Å². The Hall–Kier alpha value is 0.842. The maximum atomic E-state index is 10.4. The number of aliphatic hydroxyl groups is 2. The van der Waals surface area contributed by atoms with Crippen LogP contribution in [0.4, 0.5) is 0 Å². The number of aliphatic hydroxyl groups excluding tert-OH is 1. The summed E-state index contributed by atoms with van der Waals surface area (Å²) in [5.74, 6) is 0.848. The van der Waals surface area contributed by atoms with Gasteiger partial charge in [-0.15, -0.1) is 0 Å². The third-order valence-corrected chi connectivity index (χ3v) is 9.53. The Morgan fingerprint density at radius 2 is 1.06 bits per heavy atom. The van der Waals surface area contributed by atoms with Gasteiger partial charge in [0.25, 0.3) is 0 Å². The molecule has 5 nitrogen and oxygen atoms in total. The van der Waals surface area contributed by atoms with Crippen LogP contribution in [0.15, 0.2) is 36.5 Å². The van der Waals surface area contributed by atoms with Crippen LogP contribution in [0, 0.1) is 18.8 Å². The van der Waals surface area contributed by atoms with Crippen molar-refractivity contribution in [2.24, 2.45) is 5.92 Å². The van der Waals surface area contributed by atoms with E-state index in [4.69, 9.17) is 14.6 Å². The minimum Gasteiger partial charge on any atom is -1.00 e. The predicted octanol–water partition coefficient (Wildman–Crippen LogP) is 5.94. The molecule has 2 saturated heterocycles. The maximum Gasteiger partial charge on any atom is 2.00 e. The van der Waals surface area contributed by atoms with Crippen LogP contribution in [0.2, 0.25) is 0 Å². The van der Waals surface area contributed by atoms with E-state index < -0.39 is 5.60 Å². The Morgan fingerprint density at radius 3 is 1.30 bits per heavy atom. The molecule has 0 amide bonds. The summed E-state index contributed by atoms with van der Waals surface area (Å²) in [4.78, 5) is 10.4. The van der Waals surface area contributed by atoms with E-state index in [0.717, 1.165) is 77.8 Å². The molecular weight excluding hydrogens is 740 g/mol. The number of hydrogen-bond donors (Lipinski definition) is 2. The molecule has 2 heterocycles. The van der Waals surface area contributed by atoms with Crippen molar-refractivity contribution in [3.8, 4) is 0 Å². The third-order valence-electron chi connectivity index (χ3n) is 9.53. The second-order valence-electron chi connectivity index (χ2n) is 13.7. The Bertz CT molecular complexity index is 737. The van der Waals surface area contributed by atoms with Gasteiger partial charge < -0.3 is 57.3 Å². The molecule has 0 spiro atoms. The summed E-state index contributed by atoms with van der Waals surface area (Å²) in [5.41, 5.74) is -0.422. The standard InChI is InChI=1S/C11H18O.C6H10O.C6H8O.2C5H9.2C4H8O.4CH4.2ClH.2Mg/c12-11(8-4-1-5-9-11)10-6-2-3-7-10;2*7-6-4-2-1-3-5-6;4*1-2-4-5-3-1;;;;;;;;/h4,8,10,12H,1-3,5-7,9H2;2,4,6-7H,1,3,5H2;2,4H,1,3,5H2;2*1H,2-5H2;2*1-4H2;4*1H4;2*1H;;/q;;;2*-1;;;;;;;;;2*+2/p-2. The number of rotatable bonds is 1. The Labute approximate surface area is 382 Å². The van der Waals surface area contributed by atoms with Gasteiger partial charge in [-0.05, 0) is 102 Å². The van der Waals surface area contributed by atoms with Gasteiger partial charge in [0.1, 0.15) is 0 Å². The van der Waals surface area contributed by atoms with Gasteiger partial charge in [0.05, 0.1) is 11.7 Å². The van der Waals surface area contributed by atoms with E-state index >= 15 is 0 Å². The van der Waals surface area contributed by atoms with Gasteiger partial charge in [0.2, 0.25) is 0 Å². The Kier molecular flexibility index (Phi) is 64.3. The van der Waals surface area contributed by atoms with E-state index in [9.17, 15) is 9.90 Å². The Morgan fingerprint density at radius 1 is 0.593 bits per heavy atom. The number of ketones is 1. The summed E-state index contributed by atoms with van der Waals surface area (Å²) in [6.07, 6.45) is 47.3. The molecule has 8 aliphatic rings. The zero-order chi connectivity index (χ0) is 32.8. The van der Waals surface area contributed by atoms with Crippen molar-refractivity contribution in [3.05, 3.63) is 49.3 Å². The minimum atomic E-state index is -0.422. The van der Waals surface area contributed by atoms with Crippen LogP contribution in [0.1, 0.15) is 190 Å². The molecule has 0 aromatic carbocycles. The summed E-state index contributed by atoms with van der Waals surface area (Å²) < 4.78 is 9.89. The zero-order valence-electron chi connectivity index (χ0n) is 31.6. The SMILES string of the molecule is C.C.C.C.C1CCOC1.C1CCOC1.O=C1C=CCCC1.OC1(C2CCCC2)C=CCCC1.OC1C=CCCC1.[CH-]1CCCC1.[CH-]1CCCC1.[Cl-].[Cl-].[Mg+2].[Mg+2]. The maximum absolute atomic E-state index is 10.4. The molecule has 2 atom stereocenters. The molecule has 6 aliphatic carbocycles. The summed E-state index contributed by atoms with van der Waals surface area (Å²) in [6, 6.07) is 0. The fourth-order valence-corrected chi connectivity index (χ4v) is 6.59. The van der Waals surface area contributed by atoms with Crippen molar-refractivity contribution < 1.29 is 49.3 Å². The van der Waals surface area contributed by atoms with E-state index in [2.05, 4.69) is 25.0 Å². The fraction of sp³-hybridized carbons (Fsp3) is 0.800. The molecule has 2 aliphatic heterocycles. The molecule has 8 rings (SSSR count). The molecule has 0 aromatic heterocycles. The monoisotopic (exact) mass is 825 g/mol. The molecule has 5 fully saturated rings. The van der Waals surface area contributed by atoms with Crippen molar-refractivity contribution in [3.63, 3.8) is 0 Å². The van der Waals surface area contributed by atoms with Crippen LogP contribution < -0.4 is 24.8 Å². The van der Waals surface area contributed by atoms with Gasteiger partial charge >= 0.3 is 46.1 Å². The summed E-state index contributed by atoms with van der Waals surface area (Å²) in [6.45, 7) is 4.00. The first-order valence-corrected chi connectivity index (χ1v) is 19.3. The molecule has 0 aromatic rings. The van der Waals surface area contributed by atoms with Crippen LogP contribution in [0.25, 0.3) is 0 Å². The number of carbonyl (C=O) groups is 1. The molecular formula is C45H86Cl2Mg2O5. The van der Waals surface area contributed by atoms with Gasteiger partial charge in [-0.1, -0.05) is 98.6 Å². The van der Waals surface area contributed by atoms with Crippen molar-refractivity contribution in [1.82, 2.24) is 0 Å². The first kappa shape index (κ1) is 69.5. The van der Waals surface area contributed by atoms with Gasteiger partial charge in [-0.2, -0.15) is 25.7 Å². The van der Waals surface area contributed by atoms with E-state index in [1.807, 2.05) is 18.2 Å². The number of halogens is 2. The second-order valence-corrected chi connectivity index (χ2v) is 13.7. The molecule has 3 saturated carbocycles. The molecule has 314 valence electrons. The van der Waals surface area contributed by atoms with Gasteiger partial charge in [-0.3, -0.25) is 4.79 Å². The smallest absolute Gasteiger partial charge is 1.00 e. The summed E-state index contributed by atoms with van der Waals surface area (Å²) in [7, 11) is 0. The second kappa shape index (κ2) is 50.0. The molecule has 0 bridgehead atoms. The average Bonchev–Trinajstić information content (AvgIpc) is 3.97. The van der Waals surface area contributed by atoms with Gasteiger partial charge in [0.15, 0.2) is 5.78 Å². The first-order valence-electron chi connectivity index (χ1n) is 19.3. The number of ether oxygens (including phenoxy) is 2. The van der Waals surface area contributed by atoms with Gasteiger partial charge in [0, 0.05) is 32.8 Å². The molecule has 9 heteroatoms. The number of carbonyl (C=O) groups excluding carboxylic acids is 1. The van der Waals surface area contributed by atoms with Crippen LogP contribution >= 0.6 is 0 Å². The van der Waals surface area contributed by atoms with Crippen molar-refractivity contribution >= 4 is 51.9 Å². The largest absolute Gasteiger partial charge is 2.00 e. The van der Waals surface area contributed by atoms with E-state index in [-0.39, 0.29) is 113 Å². The van der Waals surface area contributed by atoms with Crippen LogP contribution in [-0.4, -0.2) is 100 Å². The van der Waals surface area contributed by atoms with Crippen molar-refractivity contribution in [2.45, 2.75) is 202 Å². The predicted molar refractivity (Wildman–Crippen MR) is 231 cm³/mol. The first-order chi connectivity index (χ1) is 22.6. The normalized spacial score (nSPS) is 23.8. The third kappa shape index (κ3) is 39.7. The molecule has 2 N–H and O–H groups in total. The minimum absolute atomic E-state index is 0. The summed E-state index contributed by atoms with van der Waals surface area (Å²) in [5, 5.41) is 19.1.